The maximum Gasteiger partial charge on any atom is 0.229 e. The van der Waals surface area contributed by atoms with Gasteiger partial charge in [0.1, 0.15) is 54.2 Å². The molecule has 6 N–H and O–H groups in total. The highest BCUT2D eigenvalue weighted by Gasteiger charge is 2.46. The molecule has 3 rings (SSSR count). The van der Waals surface area contributed by atoms with Crippen LogP contribution in [0.3, 0.4) is 0 Å². The van der Waals surface area contributed by atoms with Gasteiger partial charge in [0.25, 0.3) is 0 Å². The Bertz CT molecular complexity index is 788. The lowest BCUT2D eigenvalue weighted by Crippen LogP contribution is -2.61. The molecule has 0 unspecified atom stereocenters. The number of carbonyl (C=O) groups is 1. The van der Waals surface area contributed by atoms with Crippen LogP contribution in [0.2, 0.25) is 0 Å². The zero-order valence-corrected chi connectivity index (χ0v) is 17.5. The third-order valence-corrected chi connectivity index (χ3v) is 5.36. The lowest BCUT2D eigenvalue weighted by Gasteiger charge is -2.41. The van der Waals surface area contributed by atoms with Gasteiger partial charge in [-0.05, 0) is 19.1 Å². The van der Waals surface area contributed by atoms with Gasteiger partial charge in [0, 0.05) is 6.07 Å². The molecular formula is C20H28O12. The minimum atomic E-state index is -1.68. The number of aliphatic hydroxyl groups is 6. The lowest BCUT2D eigenvalue weighted by molar-refractivity contribution is -0.307. The van der Waals surface area contributed by atoms with E-state index in [0.29, 0.717) is 5.75 Å². The van der Waals surface area contributed by atoms with Crippen LogP contribution >= 0.6 is 0 Å². The maximum absolute atomic E-state index is 11.9. The molecule has 1 aromatic rings. The summed E-state index contributed by atoms with van der Waals surface area (Å²) in [5.74, 6) is 0.0878. The monoisotopic (exact) mass is 460 g/mol. The fourth-order valence-corrected chi connectivity index (χ4v) is 3.41. The van der Waals surface area contributed by atoms with E-state index in [9.17, 15) is 35.4 Å². The summed E-state index contributed by atoms with van der Waals surface area (Å²) in [5, 5.41) is 60.0. The SMILES string of the molecule is COc1ccc(C(C)=O)c(O[C@@H]2O[C@@H](CO[C@@H]3OC[C@H](O)[C@H](O)[C@@H]3O)[C@@H](O)[C@H](O)[C@@H]2O)c1. The summed E-state index contributed by atoms with van der Waals surface area (Å²) in [7, 11) is 1.42. The van der Waals surface area contributed by atoms with Crippen molar-refractivity contribution in [3.8, 4) is 11.5 Å². The topological polar surface area (TPSA) is 185 Å². The molecule has 12 heteroatoms. The van der Waals surface area contributed by atoms with Gasteiger partial charge < -0.3 is 54.3 Å². The van der Waals surface area contributed by atoms with Gasteiger partial charge >= 0.3 is 0 Å². The molecular weight excluding hydrogens is 432 g/mol. The molecule has 2 heterocycles. The number of ether oxygens (including phenoxy) is 5. The molecule has 9 atom stereocenters. The molecule has 0 radical (unpaired) electrons. The Labute approximate surface area is 183 Å². The molecule has 32 heavy (non-hydrogen) atoms. The Kier molecular flexibility index (Phi) is 8.03. The van der Waals surface area contributed by atoms with E-state index in [1.807, 2.05) is 0 Å². The van der Waals surface area contributed by atoms with Gasteiger partial charge in [0.05, 0.1) is 25.9 Å². The summed E-state index contributed by atoms with van der Waals surface area (Å²) in [5.41, 5.74) is 0.182. The molecule has 0 bridgehead atoms. The predicted octanol–water partition coefficient (Wildman–Crippen LogP) is -2.46. The van der Waals surface area contributed by atoms with Crippen LogP contribution in [0.5, 0.6) is 11.5 Å². The Morgan fingerprint density at radius 2 is 1.69 bits per heavy atom. The van der Waals surface area contributed by atoms with Crippen LogP contribution in [0, 0.1) is 0 Å². The third-order valence-electron chi connectivity index (χ3n) is 5.36. The molecule has 0 aromatic heterocycles. The number of benzene rings is 1. The van der Waals surface area contributed by atoms with Gasteiger partial charge in [-0.25, -0.2) is 0 Å². The first-order valence-electron chi connectivity index (χ1n) is 9.96. The molecule has 180 valence electrons. The maximum atomic E-state index is 11.9. The second kappa shape index (κ2) is 10.4. The Morgan fingerprint density at radius 1 is 1.00 bits per heavy atom. The molecule has 0 saturated carbocycles. The molecule has 0 aliphatic carbocycles. The Morgan fingerprint density at radius 3 is 2.34 bits per heavy atom. The van der Waals surface area contributed by atoms with Crippen molar-refractivity contribution in [1.82, 2.24) is 0 Å². The van der Waals surface area contributed by atoms with E-state index in [1.54, 1.807) is 6.07 Å². The first-order chi connectivity index (χ1) is 15.1. The van der Waals surface area contributed by atoms with E-state index in [0.717, 1.165) is 0 Å². The van der Waals surface area contributed by atoms with Gasteiger partial charge in [-0.2, -0.15) is 0 Å². The lowest BCUT2D eigenvalue weighted by atomic mass is 9.99. The van der Waals surface area contributed by atoms with E-state index in [1.165, 1.54) is 26.2 Å². The van der Waals surface area contributed by atoms with Gasteiger partial charge in [-0.15, -0.1) is 0 Å². The normalized spacial score (nSPS) is 37.7. The number of Topliss-reactive ketones (excluding diaryl/α,β-unsaturated/α-hetero) is 1. The smallest absolute Gasteiger partial charge is 0.229 e. The largest absolute Gasteiger partial charge is 0.497 e. The zero-order valence-electron chi connectivity index (χ0n) is 17.5. The van der Waals surface area contributed by atoms with Gasteiger partial charge in [-0.1, -0.05) is 0 Å². The summed E-state index contributed by atoms with van der Waals surface area (Å²) >= 11 is 0. The van der Waals surface area contributed by atoms with E-state index in [4.69, 9.17) is 23.7 Å². The number of rotatable bonds is 7. The molecule has 1 aromatic carbocycles. The number of methoxy groups -OCH3 is 1. The minimum absolute atomic E-state index is 0.0345. The fraction of sp³-hybridized carbons (Fsp3) is 0.650. The summed E-state index contributed by atoms with van der Waals surface area (Å²) in [6, 6.07) is 4.44. The van der Waals surface area contributed by atoms with E-state index >= 15 is 0 Å². The first kappa shape index (κ1) is 24.8. The molecule has 12 nitrogen and oxygen atoms in total. The Hall–Kier alpha value is -1.87. The van der Waals surface area contributed by atoms with Crippen molar-refractivity contribution in [2.75, 3.05) is 20.3 Å². The average Bonchev–Trinajstić information content (AvgIpc) is 2.77. The average molecular weight is 460 g/mol. The van der Waals surface area contributed by atoms with Crippen LogP contribution in [0.1, 0.15) is 17.3 Å². The van der Waals surface area contributed by atoms with Gasteiger partial charge in [0.2, 0.25) is 6.29 Å². The van der Waals surface area contributed by atoms with Crippen LogP contribution in [0.15, 0.2) is 18.2 Å². The van der Waals surface area contributed by atoms with Crippen molar-refractivity contribution in [3.63, 3.8) is 0 Å². The molecule has 0 amide bonds. The van der Waals surface area contributed by atoms with E-state index in [2.05, 4.69) is 0 Å². The van der Waals surface area contributed by atoms with Crippen molar-refractivity contribution in [2.24, 2.45) is 0 Å². The highest BCUT2D eigenvalue weighted by atomic mass is 16.7. The summed E-state index contributed by atoms with van der Waals surface area (Å²) in [6.07, 6.45) is -13.3. The van der Waals surface area contributed by atoms with Crippen molar-refractivity contribution in [2.45, 2.75) is 62.2 Å². The summed E-state index contributed by atoms with van der Waals surface area (Å²) in [4.78, 5) is 11.9. The Balaban J connectivity index is 1.71. The van der Waals surface area contributed by atoms with E-state index in [-0.39, 0.29) is 23.7 Å². The molecule has 2 saturated heterocycles. The van der Waals surface area contributed by atoms with Crippen LogP contribution in [-0.2, 0) is 14.2 Å². The molecule has 2 fully saturated rings. The standard InChI is InChI=1S/C20H28O12/c1-8(21)10-4-3-9(28-2)5-12(10)31-20-18(27)16(25)15(24)13(32-20)7-30-19-17(26)14(23)11(22)6-29-19/h3-5,11,13-20,22-27H,6-7H2,1-2H3/t11-,13-,14-,15+,16-,17-,18-,19-,20+/m0/s1. The first-order valence-corrected chi connectivity index (χ1v) is 9.96. The van der Waals surface area contributed by atoms with Crippen LogP contribution < -0.4 is 9.47 Å². The number of hydrogen-bond acceptors (Lipinski definition) is 12. The van der Waals surface area contributed by atoms with Gasteiger partial charge in [-0.3, -0.25) is 4.79 Å². The molecule has 2 aliphatic heterocycles. The third kappa shape index (κ3) is 5.20. The number of ketones is 1. The van der Waals surface area contributed by atoms with Crippen LogP contribution in [-0.4, -0.2) is 112 Å². The quantitative estimate of drug-likeness (QED) is 0.236. The summed E-state index contributed by atoms with van der Waals surface area (Å²) < 4.78 is 26.8. The second-order valence-electron chi connectivity index (χ2n) is 7.63. The highest BCUT2D eigenvalue weighted by molar-refractivity contribution is 5.97. The number of aliphatic hydroxyl groups excluding tert-OH is 6. The van der Waals surface area contributed by atoms with Crippen molar-refractivity contribution < 1.29 is 59.1 Å². The van der Waals surface area contributed by atoms with Gasteiger partial charge in [0.15, 0.2) is 12.1 Å². The van der Waals surface area contributed by atoms with Crippen molar-refractivity contribution in [1.29, 1.82) is 0 Å². The van der Waals surface area contributed by atoms with Crippen molar-refractivity contribution in [3.05, 3.63) is 23.8 Å². The van der Waals surface area contributed by atoms with E-state index < -0.39 is 61.9 Å². The summed E-state index contributed by atoms with van der Waals surface area (Å²) in [6.45, 7) is 0.615. The number of carbonyl (C=O) groups excluding carboxylic acids is 1. The molecule has 2 aliphatic rings. The van der Waals surface area contributed by atoms with Crippen LogP contribution in [0.25, 0.3) is 0 Å². The highest BCUT2D eigenvalue weighted by Crippen LogP contribution is 2.30. The number of hydrogen-bond donors (Lipinski definition) is 6. The predicted molar refractivity (Wildman–Crippen MR) is 104 cm³/mol. The second-order valence-corrected chi connectivity index (χ2v) is 7.63. The minimum Gasteiger partial charge on any atom is -0.497 e. The van der Waals surface area contributed by atoms with Crippen molar-refractivity contribution >= 4 is 5.78 Å². The molecule has 0 spiro atoms. The van der Waals surface area contributed by atoms with Crippen LogP contribution in [0.4, 0.5) is 0 Å². The fourth-order valence-electron chi connectivity index (χ4n) is 3.41. The zero-order chi connectivity index (χ0) is 23.6.